The number of H-pyrrole nitrogens is 1. The summed E-state index contributed by atoms with van der Waals surface area (Å²) in [6, 6.07) is 12.8. The van der Waals surface area contributed by atoms with E-state index in [4.69, 9.17) is 4.52 Å². The molecule has 30 heavy (non-hydrogen) atoms. The summed E-state index contributed by atoms with van der Waals surface area (Å²) in [4.78, 5) is 26.9. The molecule has 0 fully saturated rings. The summed E-state index contributed by atoms with van der Waals surface area (Å²) in [5.74, 6) is 0.180. The molecular formula is C22H18FN5O2. The van der Waals surface area contributed by atoms with E-state index in [0.29, 0.717) is 30.2 Å². The van der Waals surface area contributed by atoms with Gasteiger partial charge in [0, 0.05) is 17.5 Å². The minimum atomic E-state index is -0.468. The Hall–Kier alpha value is -3.81. The van der Waals surface area contributed by atoms with E-state index in [9.17, 15) is 9.18 Å². The first-order valence-electron chi connectivity index (χ1n) is 9.57. The first kappa shape index (κ1) is 18.2. The third-order valence-corrected chi connectivity index (χ3v) is 5.25. The molecular weight excluding hydrogens is 385 g/mol. The summed E-state index contributed by atoms with van der Waals surface area (Å²) < 4.78 is 18.9. The van der Waals surface area contributed by atoms with Gasteiger partial charge in [-0.2, -0.15) is 4.98 Å². The van der Waals surface area contributed by atoms with E-state index in [1.165, 1.54) is 24.3 Å². The first-order valence-corrected chi connectivity index (χ1v) is 9.57. The Kier molecular flexibility index (Phi) is 4.39. The molecule has 1 amide bonds. The Labute approximate surface area is 171 Å². The van der Waals surface area contributed by atoms with E-state index in [0.717, 1.165) is 22.5 Å². The molecule has 0 radical (unpaired) electrons. The normalized spacial score (nSPS) is 15.8. The second-order valence-corrected chi connectivity index (χ2v) is 7.31. The van der Waals surface area contributed by atoms with Gasteiger partial charge in [0.2, 0.25) is 11.7 Å². The molecule has 1 N–H and O–H groups in total. The zero-order valence-electron chi connectivity index (χ0n) is 16.2. The first-order chi connectivity index (χ1) is 14.6. The lowest BCUT2D eigenvalue weighted by Crippen LogP contribution is -2.39. The molecule has 7 nitrogen and oxygen atoms in total. The van der Waals surface area contributed by atoms with E-state index in [1.54, 1.807) is 11.2 Å². The van der Waals surface area contributed by atoms with Gasteiger partial charge in [-0.1, -0.05) is 28.9 Å². The average molecular weight is 403 g/mol. The van der Waals surface area contributed by atoms with Crippen molar-refractivity contribution in [3.8, 4) is 11.4 Å². The van der Waals surface area contributed by atoms with Crippen molar-refractivity contribution >= 4 is 5.91 Å². The number of aromatic amines is 1. The maximum Gasteiger partial charge on any atom is 0.254 e. The molecule has 5 rings (SSSR count). The number of nitrogens with one attached hydrogen (secondary N) is 1. The third-order valence-electron chi connectivity index (χ3n) is 5.25. The molecule has 0 bridgehead atoms. The van der Waals surface area contributed by atoms with Crippen molar-refractivity contribution in [1.82, 2.24) is 25.0 Å². The van der Waals surface area contributed by atoms with E-state index < -0.39 is 11.9 Å². The van der Waals surface area contributed by atoms with Crippen LogP contribution in [-0.4, -0.2) is 30.9 Å². The summed E-state index contributed by atoms with van der Waals surface area (Å²) in [7, 11) is 0. The third kappa shape index (κ3) is 3.26. The number of halogens is 1. The number of carbonyl (C=O) groups excluding carboxylic acids is 1. The van der Waals surface area contributed by atoms with Gasteiger partial charge in [-0.15, -0.1) is 0 Å². The average Bonchev–Trinajstić information content (AvgIpc) is 3.42. The fourth-order valence-corrected chi connectivity index (χ4v) is 3.70. The highest BCUT2D eigenvalue weighted by Gasteiger charge is 2.36. The monoisotopic (exact) mass is 403 g/mol. The molecule has 1 aliphatic heterocycles. The summed E-state index contributed by atoms with van der Waals surface area (Å²) in [6.07, 6.45) is 2.06. The summed E-state index contributed by atoms with van der Waals surface area (Å²) in [6.45, 7) is 2.31. The zero-order chi connectivity index (χ0) is 20.7. The predicted molar refractivity (Wildman–Crippen MR) is 106 cm³/mol. The molecule has 1 unspecified atom stereocenters. The Bertz CT molecular complexity index is 1210. The predicted octanol–water partition coefficient (Wildman–Crippen LogP) is 3.85. The molecule has 2 aromatic carbocycles. The molecule has 0 spiro atoms. The van der Waals surface area contributed by atoms with Crippen LogP contribution < -0.4 is 0 Å². The number of nitrogens with zero attached hydrogens (tertiary/aromatic N) is 4. The molecule has 0 saturated heterocycles. The van der Waals surface area contributed by atoms with Crippen LogP contribution in [0.4, 0.5) is 4.39 Å². The number of hydrogen-bond acceptors (Lipinski definition) is 5. The lowest BCUT2D eigenvalue weighted by Gasteiger charge is -2.32. The van der Waals surface area contributed by atoms with E-state index in [2.05, 4.69) is 20.1 Å². The number of fused-ring (bicyclic) bond motifs is 1. The summed E-state index contributed by atoms with van der Waals surface area (Å²) >= 11 is 0. The SMILES string of the molecule is Cc1cccc(-c2noc(C3Cc4nc[nH]c4CN3C(=O)c3ccc(F)cc3)n2)c1. The fraction of sp³-hybridized carbons (Fsp3) is 0.182. The van der Waals surface area contributed by atoms with Crippen molar-refractivity contribution in [2.24, 2.45) is 0 Å². The molecule has 1 aliphatic rings. The van der Waals surface area contributed by atoms with Crippen molar-refractivity contribution in [1.29, 1.82) is 0 Å². The van der Waals surface area contributed by atoms with Crippen molar-refractivity contribution in [3.63, 3.8) is 0 Å². The van der Waals surface area contributed by atoms with Crippen LogP contribution in [0.25, 0.3) is 11.4 Å². The Morgan fingerprint density at radius 2 is 2.07 bits per heavy atom. The van der Waals surface area contributed by atoms with Crippen LogP contribution in [0.1, 0.15) is 39.2 Å². The van der Waals surface area contributed by atoms with Gasteiger partial charge in [0.25, 0.3) is 5.91 Å². The van der Waals surface area contributed by atoms with Crippen LogP contribution in [0.5, 0.6) is 0 Å². The lowest BCUT2D eigenvalue weighted by atomic mass is 10.0. The van der Waals surface area contributed by atoms with Crippen LogP contribution in [0.15, 0.2) is 59.4 Å². The number of carbonyl (C=O) groups is 1. The summed E-state index contributed by atoms with van der Waals surface area (Å²) in [5, 5.41) is 4.12. The van der Waals surface area contributed by atoms with Gasteiger partial charge in [0.15, 0.2) is 0 Å². The Balaban J connectivity index is 1.51. The number of hydrogen-bond donors (Lipinski definition) is 1. The molecule has 150 valence electrons. The largest absolute Gasteiger partial charge is 0.347 e. The van der Waals surface area contributed by atoms with Crippen molar-refractivity contribution in [2.45, 2.75) is 25.9 Å². The van der Waals surface area contributed by atoms with Crippen molar-refractivity contribution in [2.75, 3.05) is 0 Å². The van der Waals surface area contributed by atoms with Gasteiger partial charge in [-0.25, -0.2) is 9.37 Å². The highest BCUT2D eigenvalue weighted by molar-refractivity contribution is 5.94. The zero-order valence-corrected chi connectivity index (χ0v) is 16.2. The van der Waals surface area contributed by atoms with Crippen LogP contribution >= 0.6 is 0 Å². The van der Waals surface area contributed by atoms with Gasteiger partial charge in [-0.05, 0) is 37.3 Å². The molecule has 8 heteroatoms. The molecule has 2 aromatic heterocycles. The standard InChI is InChI=1S/C22H18FN5O2/c1-13-3-2-4-15(9-13)20-26-21(30-27-20)19-10-17-18(25-12-24-17)11-28(19)22(29)14-5-7-16(23)8-6-14/h2-9,12,19H,10-11H2,1H3,(H,24,25). The molecule has 4 aromatic rings. The van der Waals surface area contributed by atoms with Gasteiger partial charge >= 0.3 is 0 Å². The van der Waals surface area contributed by atoms with Crippen LogP contribution in [-0.2, 0) is 13.0 Å². The fourth-order valence-electron chi connectivity index (χ4n) is 3.70. The van der Waals surface area contributed by atoms with Gasteiger partial charge in [0.1, 0.15) is 11.9 Å². The highest BCUT2D eigenvalue weighted by atomic mass is 19.1. The molecule has 0 aliphatic carbocycles. The smallest absolute Gasteiger partial charge is 0.254 e. The molecule has 0 saturated carbocycles. The van der Waals surface area contributed by atoms with E-state index in [1.807, 2.05) is 31.2 Å². The minimum absolute atomic E-state index is 0.240. The maximum atomic E-state index is 13.3. The topological polar surface area (TPSA) is 87.9 Å². The van der Waals surface area contributed by atoms with Crippen molar-refractivity contribution in [3.05, 3.63) is 89.1 Å². The number of benzene rings is 2. The second kappa shape index (κ2) is 7.22. The minimum Gasteiger partial charge on any atom is -0.347 e. The van der Waals surface area contributed by atoms with Crippen molar-refractivity contribution < 1.29 is 13.7 Å². The number of rotatable bonds is 3. The van der Waals surface area contributed by atoms with Crippen LogP contribution in [0, 0.1) is 12.7 Å². The number of imidazole rings is 1. The highest BCUT2D eigenvalue weighted by Crippen LogP contribution is 2.33. The van der Waals surface area contributed by atoms with E-state index in [-0.39, 0.29) is 5.91 Å². The van der Waals surface area contributed by atoms with Gasteiger partial charge in [0.05, 0.1) is 24.3 Å². The summed E-state index contributed by atoms with van der Waals surface area (Å²) in [5.41, 5.74) is 4.05. The quantitative estimate of drug-likeness (QED) is 0.561. The molecule has 1 atom stereocenters. The van der Waals surface area contributed by atoms with Crippen LogP contribution in [0.2, 0.25) is 0 Å². The maximum absolute atomic E-state index is 13.3. The van der Waals surface area contributed by atoms with Gasteiger partial charge in [-0.3, -0.25) is 4.79 Å². The Morgan fingerprint density at radius 3 is 2.87 bits per heavy atom. The Morgan fingerprint density at radius 1 is 1.23 bits per heavy atom. The lowest BCUT2D eigenvalue weighted by molar-refractivity contribution is 0.0589. The number of aromatic nitrogens is 4. The second-order valence-electron chi connectivity index (χ2n) is 7.31. The number of amides is 1. The molecule has 3 heterocycles. The van der Waals surface area contributed by atoms with Crippen LogP contribution in [0.3, 0.4) is 0 Å². The van der Waals surface area contributed by atoms with E-state index >= 15 is 0 Å². The van der Waals surface area contributed by atoms with Gasteiger partial charge < -0.3 is 14.4 Å². The number of aryl methyl sites for hydroxylation is 1.